The number of aromatic nitrogens is 2. The Kier molecular flexibility index (Phi) is 3.42. The summed E-state index contributed by atoms with van der Waals surface area (Å²) in [6.07, 6.45) is 0. The molecule has 0 amide bonds. The molecular formula is C21H18N2O. The number of phenols is 1. The standard InChI is InChI=1S/C21H18N2O/c1-13(2)21-22-17-10-6-5-9-16(17)20(23-21)19-15-8-4-3-7-14(15)11-12-18(19)24/h3-13,24H,1-2H3. The molecule has 0 spiro atoms. The maximum Gasteiger partial charge on any atom is 0.132 e. The van der Waals surface area contributed by atoms with Crippen molar-refractivity contribution in [2.45, 2.75) is 19.8 Å². The van der Waals surface area contributed by atoms with Gasteiger partial charge in [0.1, 0.15) is 11.6 Å². The largest absolute Gasteiger partial charge is 0.507 e. The predicted octanol–water partition coefficient (Wildman–Crippen LogP) is 5.28. The molecule has 3 heteroatoms. The van der Waals surface area contributed by atoms with Gasteiger partial charge in [0.25, 0.3) is 0 Å². The van der Waals surface area contributed by atoms with Gasteiger partial charge < -0.3 is 5.11 Å². The van der Waals surface area contributed by atoms with E-state index in [-0.39, 0.29) is 11.7 Å². The normalized spacial score (nSPS) is 11.5. The molecule has 0 saturated heterocycles. The van der Waals surface area contributed by atoms with Crippen LogP contribution in [0.3, 0.4) is 0 Å². The molecule has 0 bridgehead atoms. The van der Waals surface area contributed by atoms with E-state index < -0.39 is 0 Å². The van der Waals surface area contributed by atoms with Gasteiger partial charge in [0.15, 0.2) is 0 Å². The van der Waals surface area contributed by atoms with Crippen LogP contribution < -0.4 is 0 Å². The van der Waals surface area contributed by atoms with Gasteiger partial charge in [0, 0.05) is 11.3 Å². The lowest BCUT2D eigenvalue weighted by molar-refractivity contribution is 0.478. The van der Waals surface area contributed by atoms with Gasteiger partial charge in [-0.15, -0.1) is 0 Å². The van der Waals surface area contributed by atoms with Crippen LogP contribution in [0.4, 0.5) is 0 Å². The van der Waals surface area contributed by atoms with Crippen LogP contribution in [0.25, 0.3) is 32.9 Å². The summed E-state index contributed by atoms with van der Waals surface area (Å²) in [6, 6.07) is 19.7. The van der Waals surface area contributed by atoms with Gasteiger partial charge >= 0.3 is 0 Å². The van der Waals surface area contributed by atoms with Crippen molar-refractivity contribution >= 4 is 21.7 Å². The Balaban J connectivity index is 2.16. The van der Waals surface area contributed by atoms with Crippen LogP contribution in [0.15, 0.2) is 60.7 Å². The molecular weight excluding hydrogens is 296 g/mol. The third-order valence-electron chi connectivity index (χ3n) is 4.28. The molecule has 0 aliphatic rings. The Bertz CT molecular complexity index is 1050. The van der Waals surface area contributed by atoms with E-state index in [2.05, 4.69) is 18.8 Å². The molecule has 0 aliphatic heterocycles. The molecule has 0 radical (unpaired) electrons. The minimum absolute atomic E-state index is 0.213. The maximum absolute atomic E-state index is 10.6. The number of rotatable bonds is 2. The lowest BCUT2D eigenvalue weighted by Gasteiger charge is -2.14. The first-order valence-electron chi connectivity index (χ1n) is 8.13. The molecule has 4 aromatic rings. The van der Waals surface area contributed by atoms with Gasteiger partial charge in [-0.05, 0) is 22.9 Å². The van der Waals surface area contributed by atoms with Gasteiger partial charge in [-0.3, -0.25) is 0 Å². The predicted molar refractivity (Wildman–Crippen MR) is 98.2 cm³/mol. The fourth-order valence-electron chi connectivity index (χ4n) is 3.05. The van der Waals surface area contributed by atoms with Crippen LogP contribution in [0, 0.1) is 0 Å². The van der Waals surface area contributed by atoms with Crippen molar-refractivity contribution in [2.24, 2.45) is 0 Å². The smallest absolute Gasteiger partial charge is 0.132 e. The molecule has 3 nitrogen and oxygen atoms in total. The molecule has 1 aromatic heterocycles. The van der Waals surface area contributed by atoms with Crippen molar-refractivity contribution < 1.29 is 5.11 Å². The third kappa shape index (κ3) is 2.29. The van der Waals surface area contributed by atoms with Gasteiger partial charge in [-0.2, -0.15) is 0 Å². The van der Waals surface area contributed by atoms with E-state index in [0.717, 1.165) is 38.8 Å². The Morgan fingerprint density at radius 3 is 2.29 bits per heavy atom. The summed E-state index contributed by atoms with van der Waals surface area (Å²) in [7, 11) is 0. The summed E-state index contributed by atoms with van der Waals surface area (Å²) in [6.45, 7) is 4.16. The highest BCUT2D eigenvalue weighted by Crippen LogP contribution is 2.38. The highest BCUT2D eigenvalue weighted by molar-refractivity contribution is 6.05. The molecule has 118 valence electrons. The summed E-state index contributed by atoms with van der Waals surface area (Å²) in [5.41, 5.74) is 2.46. The van der Waals surface area contributed by atoms with E-state index in [1.807, 2.05) is 54.6 Å². The topological polar surface area (TPSA) is 46.0 Å². The average molecular weight is 314 g/mol. The highest BCUT2D eigenvalue weighted by atomic mass is 16.3. The van der Waals surface area contributed by atoms with E-state index in [4.69, 9.17) is 4.98 Å². The number of hydrogen-bond donors (Lipinski definition) is 1. The van der Waals surface area contributed by atoms with Crippen molar-refractivity contribution in [3.63, 3.8) is 0 Å². The average Bonchev–Trinajstić information content (AvgIpc) is 2.61. The van der Waals surface area contributed by atoms with Gasteiger partial charge in [0.05, 0.1) is 16.8 Å². The van der Waals surface area contributed by atoms with E-state index in [1.165, 1.54) is 0 Å². The van der Waals surface area contributed by atoms with Crippen LogP contribution >= 0.6 is 0 Å². The number of nitrogens with zero attached hydrogens (tertiary/aromatic N) is 2. The zero-order valence-electron chi connectivity index (χ0n) is 13.7. The number of phenolic OH excluding ortho intramolecular Hbond substituents is 1. The molecule has 24 heavy (non-hydrogen) atoms. The minimum Gasteiger partial charge on any atom is -0.507 e. The zero-order chi connectivity index (χ0) is 16.7. The summed E-state index contributed by atoms with van der Waals surface area (Å²) in [4.78, 5) is 9.49. The maximum atomic E-state index is 10.6. The summed E-state index contributed by atoms with van der Waals surface area (Å²) < 4.78 is 0. The number of hydrogen-bond acceptors (Lipinski definition) is 3. The van der Waals surface area contributed by atoms with E-state index in [9.17, 15) is 5.11 Å². The molecule has 0 unspecified atom stereocenters. The molecule has 4 rings (SSSR count). The van der Waals surface area contributed by atoms with E-state index in [1.54, 1.807) is 6.07 Å². The molecule has 3 aromatic carbocycles. The summed E-state index contributed by atoms with van der Waals surface area (Å²) in [5.74, 6) is 1.24. The quantitative estimate of drug-likeness (QED) is 0.547. The Morgan fingerprint density at radius 1 is 0.792 bits per heavy atom. The second kappa shape index (κ2) is 5.60. The SMILES string of the molecule is CC(C)c1nc(-c2c(O)ccc3ccccc23)c2ccccc2n1. The van der Waals surface area contributed by atoms with Gasteiger partial charge in [-0.25, -0.2) is 9.97 Å². The molecule has 0 atom stereocenters. The third-order valence-corrected chi connectivity index (χ3v) is 4.28. The number of benzene rings is 3. The number of fused-ring (bicyclic) bond motifs is 2. The van der Waals surface area contributed by atoms with Crippen molar-refractivity contribution in [2.75, 3.05) is 0 Å². The van der Waals surface area contributed by atoms with Crippen molar-refractivity contribution in [3.8, 4) is 17.0 Å². The van der Waals surface area contributed by atoms with Crippen LogP contribution in [0.1, 0.15) is 25.6 Å². The van der Waals surface area contributed by atoms with Crippen LogP contribution in [-0.2, 0) is 0 Å². The van der Waals surface area contributed by atoms with E-state index in [0.29, 0.717) is 0 Å². The molecule has 1 heterocycles. The van der Waals surface area contributed by atoms with Crippen LogP contribution in [0.2, 0.25) is 0 Å². The van der Waals surface area contributed by atoms with Gasteiger partial charge in [0.2, 0.25) is 0 Å². The number of para-hydroxylation sites is 1. The molecule has 0 aliphatic carbocycles. The highest BCUT2D eigenvalue weighted by Gasteiger charge is 2.17. The fraction of sp³-hybridized carbons (Fsp3) is 0.143. The fourth-order valence-corrected chi connectivity index (χ4v) is 3.05. The first-order valence-corrected chi connectivity index (χ1v) is 8.13. The Morgan fingerprint density at radius 2 is 1.50 bits per heavy atom. The molecule has 0 saturated carbocycles. The lowest BCUT2D eigenvalue weighted by Crippen LogP contribution is -2.01. The Labute approximate surface area is 140 Å². The first-order chi connectivity index (χ1) is 11.6. The van der Waals surface area contributed by atoms with Crippen molar-refractivity contribution in [1.29, 1.82) is 0 Å². The zero-order valence-corrected chi connectivity index (χ0v) is 13.7. The van der Waals surface area contributed by atoms with Crippen molar-refractivity contribution in [3.05, 3.63) is 66.5 Å². The van der Waals surface area contributed by atoms with Crippen LogP contribution in [0.5, 0.6) is 5.75 Å². The van der Waals surface area contributed by atoms with Crippen LogP contribution in [-0.4, -0.2) is 15.1 Å². The second-order valence-corrected chi connectivity index (χ2v) is 6.28. The van der Waals surface area contributed by atoms with E-state index >= 15 is 0 Å². The van der Waals surface area contributed by atoms with Gasteiger partial charge in [-0.1, -0.05) is 62.4 Å². The first kappa shape index (κ1) is 14.6. The minimum atomic E-state index is 0.213. The number of aromatic hydroxyl groups is 1. The van der Waals surface area contributed by atoms with Crippen molar-refractivity contribution in [1.82, 2.24) is 9.97 Å². The Hall–Kier alpha value is -2.94. The monoisotopic (exact) mass is 314 g/mol. The molecule has 0 fully saturated rings. The lowest BCUT2D eigenvalue weighted by atomic mass is 9.98. The summed E-state index contributed by atoms with van der Waals surface area (Å²) >= 11 is 0. The second-order valence-electron chi connectivity index (χ2n) is 6.28. The molecule has 1 N–H and O–H groups in total. The summed E-state index contributed by atoms with van der Waals surface area (Å²) in [5, 5.41) is 13.6.